The number of carbonyl (C=O) groups excluding carboxylic acids is 3. The molecule has 0 aromatic carbocycles. The molecule has 0 bridgehead atoms. The van der Waals surface area contributed by atoms with Crippen molar-refractivity contribution >= 4 is 17.7 Å². The summed E-state index contributed by atoms with van der Waals surface area (Å²) in [4.78, 5) is 38.6. The highest BCUT2D eigenvalue weighted by Crippen LogP contribution is 2.49. The Balaban J connectivity index is 1.13. The molecule has 4 atom stereocenters. The lowest BCUT2D eigenvalue weighted by molar-refractivity contribution is -0.151. The second-order valence-electron chi connectivity index (χ2n) is 17.6. The average molecular weight is 699 g/mol. The van der Waals surface area contributed by atoms with Crippen LogP contribution in [0.4, 0.5) is 0 Å². The Morgan fingerprint density at radius 2 is 0.860 bits per heavy atom. The summed E-state index contributed by atoms with van der Waals surface area (Å²) in [6, 6.07) is 0. The van der Waals surface area contributed by atoms with Gasteiger partial charge in [-0.15, -0.1) is 0 Å². The molecule has 4 fully saturated rings. The average Bonchev–Trinajstić information content (AvgIpc) is 3.70. The molecule has 0 heterocycles. The molecule has 5 heteroatoms. The summed E-state index contributed by atoms with van der Waals surface area (Å²) >= 11 is 0. The van der Waals surface area contributed by atoms with E-state index in [0.717, 1.165) is 62.2 Å². The normalized spacial score (nSPS) is 26.8. The van der Waals surface area contributed by atoms with E-state index >= 15 is 0 Å². The van der Waals surface area contributed by atoms with E-state index in [9.17, 15) is 14.4 Å². The molecule has 5 nitrogen and oxygen atoms in total. The van der Waals surface area contributed by atoms with Crippen molar-refractivity contribution in [3.63, 3.8) is 0 Å². The zero-order valence-corrected chi connectivity index (χ0v) is 32.8. The molecule has 4 aliphatic rings. The van der Waals surface area contributed by atoms with Gasteiger partial charge in [0.2, 0.25) is 0 Å². The van der Waals surface area contributed by atoms with Crippen molar-refractivity contribution in [2.45, 2.75) is 232 Å². The molecule has 4 rings (SSSR count). The monoisotopic (exact) mass is 699 g/mol. The van der Waals surface area contributed by atoms with E-state index in [2.05, 4.69) is 13.8 Å². The van der Waals surface area contributed by atoms with Crippen LogP contribution in [0.5, 0.6) is 0 Å². The van der Waals surface area contributed by atoms with Crippen molar-refractivity contribution in [3.8, 4) is 0 Å². The second kappa shape index (κ2) is 24.0. The molecule has 0 amide bonds. The zero-order chi connectivity index (χ0) is 35.4. The summed E-state index contributed by atoms with van der Waals surface area (Å²) in [6.45, 7) is 4.47. The standard InChI is InChI=1S/C45H78O5/c1-3-5-7-9-11-25-42(26-12-10-8-6-4-2)49-44(47)27-17-23-41(46)24-18-28-45(48)50-43(33-35-29-37-19-13-14-20-38(37)30-35)34-36-31-39-21-15-16-22-40(39)32-36/h35-40,42-43H,3-34H2,1-2H3. The minimum Gasteiger partial charge on any atom is -0.462 e. The Morgan fingerprint density at radius 3 is 1.26 bits per heavy atom. The van der Waals surface area contributed by atoms with Gasteiger partial charge in [-0.1, -0.05) is 117 Å². The van der Waals surface area contributed by atoms with Gasteiger partial charge in [0.15, 0.2) is 0 Å². The molecule has 0 radical (unpaired) electrons. The number of fused-ring (bicyclic) bond motifs is 2. The predicted octanol–water partition coefficient (Wildman–Crippen LogP) is 12.7. The van der Waals surface area contributed by atoms with Gasteiger partial charge in [-0.05, 0) is 113 Å². The van der Waals surface area contributed by atoms with Gasteiger partial charge in [0.1, 0.15) is 18.0 Å². The van der Waals surface area contributed by atoms with Crippen LogP contribution in [0.15, 0.2) is 0 Å². The fraction of sp³-hybridized carbons (Fsp3) is 0.933. The van der Waals surface area contributed by atoms with E-state index in [4.69, 9.17) is 9.47 Å². The van der Waals surface area contributed by atoms with Gasteiger partial charge >= 0.3 is 11.9 Å². The number of unbranched alkanes of at least 4 members (excludes halogenated alkanes) is 8. The van der Waals surface area contributed by atoms with E-state index in [1.165, 1.54) is 128 Å². The van der Waals surface area contributed by atoms with E-state index in [0.29, 0.717) is 50.4 Å². The van der Waals surface area contributed by atoms with Crippen LogP contribution in [0.3, 0.4) is 0 Å². The van der Waals surface area contributed by atoms with Crippen molar-refractivity contribution in [2.24, 2.45) is 35.5 Å². The molecule has 0 saturated heterocycles. The number of ether oxygens (including phenoxy) is 2. The lowest BCUT2D eigenvalue weighted by atomic mass is 9.82. The molecule has 4 aliphatic carbocycles. The summed E-state index contributed by atoms with van der Waals surface area (Å²) in [5.74, 6) is 4.96. The van der Waals surface area contributed by atoms with Crippen LogP contribution in [0, 0.1) is 35.5 Å². The number of carbonyl (C=O) groups is 3. The molecular formula is C45H78O5. The van der Waals surface area contributed by atoms with Crippen LogP contribution in [0.25, 0.3) is 0 Å². The van der Waals surface area contributed by atoms with Crippen LogP contribution < -0.4 is 0 Å². The Morgan fingerprint density at radius 1 is 0.480 bits per heavy atom. The Labute approximate surface area is 307 Å². The summed E-state index contributed by atoms with van der Waals surface area (Å²) in [5, 5.41) is 0. The SMILES string of the molecule is CCCCCCCC(CCCCCCC)OC(=O)CCCC(=O)CCCC(=O)OC(CC1CC2CCCCC2C1)CC1CC2CCCCC2C1. The van der Waals surface area contributed by atoms with Crippen LogP contribution in [0.2, 0.25) is 0 Å². The third-order valence-electron chi connectivity index (χ3n) is 13.4. The number of hydrogen-bond donors (Lipinski definition) is 0. The van der Waals surface area contributed by atoms with E-state index in [-0.39, 0.29) is 29.9 Å². The maximum atomic E-state index is 13.1. The van der Waals surface area contributed by atoms with Crippen molar-refractivity contribution < 1.29 is 23.9 Å². The predicted molar refractivity (Wildman–Crippen MR) is 205 cm³/mol. The summed E-state index contributed by atoms with van der Waals surface area (Å²) in [6.07, 6.45) is 35.4. The number of ketones is 1. The first kappa shape index (κ1) is 41.4. The maximum absolute atomic E-state index is 13.1. The fourth-order valence-corrected chi connectivity index (χ4v) is 10.7. The number of Topliss-reactive ketones (excluding diaryl/α,β-unsaturated/α-hetero) is 1. The summed E-state index contributed by atoms with van der Waals surface area (Å²) < 4.78 is 12.2. The van der Waals surface area contributed by atoms with Crippen molar-refractivity contribution in [1.29, 1.82) is 0 Å². The highest BCUT2D eigenvalue weighted by atomic mass is 16.5. The first-order valence-electron chi connectivity index (χ1n) is 22.3. The highest BCUT2D eigenvalue weighted by Gasteiger charge is 2.40. The number of rotatable bonds is 26. The first-order chi connectivity index (χ1) is 24.4. The smallest absolute Gasteiger partial charge is 0.306 e. The van der Waals surface area contributed by atoms with E-state index in [1.54, 1.807) is 0 Å². The molecule has 50 heavy (non-hydrogen) atoms. The van der Waals surface area contributed by atoms with Gasteiger partial charge in [-0.2, -0.15) is 0 Å². The number of esters is 2. The summed E-state index contributed by atoms with van der Waals surface area (Å²) in [7, 11) is 0. The molecule has 0 aromatic rings. The van der Waals surface area contributed by atoms with Gasteiger partial charge < -0.3 is 9.47 Å². The van der Waals surface area contributed by atoms with Gasteiger partial charge in [-0.3, -0.25) is 14.4 Å². The molecule has 288 valence electrons. The second-order valence-corrected chi connectivity index (χ2v) is 17.6. The zero-order valence-electron chi connectivity index (χ0n) is 32.8. The lowest BCUT2D eigenvalue weighted by Gasteiger charge is -2.24. The molecular weight excluding hydrogens is 620 g/mol. The maximum Gasteiger partial charge on any atom is 0.306 e. The minimum atomic E-state index is -0.150. The van der Waals surface area contributed by atoms with Crippen LogP contribution in [0.1, 0.15) is 219 Å². The van der Waals surface area contributed by atoms with E-state index in [1.807, 2.05) is 0 Å². The van der Waals surface area contributed by atoms with Crippen molar-refractivity contribution in [2.75, 3.05) is 0 Å². The number of hydrogen-bond acceptors (Lipinski definition) is 5. The van der Waals surface area contributed by atoms with Crippen molar-refractivity contribution in [3.05, 3.63) is 0 Å². The van der Waals surface area contributed by atoms with Crippen LogP contribution in [-0.4, -0.2) is 29.9 Å². The minimum absolute atomic E-state index is 0.0203. The molecule has 4 saturated carbocycles. The highest BCUT2D eigenvalue weighted by molar-refractivity contribution is 5.80. The third-order valence-corrected chi connectivity index (χ3v) is 13.4. The molecule has 0 aliphatic heterocycles. The first-order valence-corrected chi connectivity index (χ1v) is 22.3. The topological polar surface area (TPSA) is 69.7 Å². The van der Waals surface area contributed by atoms with Gasteiger partial charge in [0, 0.05) is 25.7 Å². The van der Waals surface area contributed by atoms with Gasteiger partial charge in [0.25, 0.3) is 0 Å². The summed E-state index contributed by atoms with van der Waals surface area (Å²) in [5.41, 5.74) is 0. The van der Waals surface area contributed by atoms with Gasteiger partial charge in [-0.25, -0.2) is 0 Å². The van der Waals surface area contributed by atoms with Crippen molar-refractivity contribution in [1.82, 2.24) is 0 Å². The fourth-order valence-electron chi connectivity index (χ4n) is 10.7. The molecule has 0 aromatic heterocycles. The quantitative estimate of drug-likeness (QED) is 0.0664. The van der Waals surface area contributed by atoms with Crippen LogP contribution in [-0.2, 0) is 23.9 Å². The Kier molecular flexibility index (Phi) is 19.9. The van der Waals surface area contributed by atoms with Gasteiger partial charge in [0.05, 0.1) is 0 Å². The molecule has 0 spiro atoms. The Bertz CT molecular complexity index is 885. The Hall–Kier alpha value is -1.39. The van der Waals surface area contributed by atoms with E-state index < -0.39 is 0 Å². The largest absolute Gasteiger partial charge is 0.462 e. The van der Waals surface area contributed by atoms with Crippen LogP contribution >= 0.6 is 0 Å². The lowest BCUT2D eigenvalue weighted by Crippen LogP contribution is -2.24. The third kappa shape index (κ3) is 15.7. The molecule has 4 unspecified atom stereocenters. The molecule has 0 N–H and O–H groups in total.